The molecule has 3 aromatic rings. The number of rotatable bonds is 4. The van der Waals surface area contributed by atoms with E-state index in [1.165, 1.54) is 12.8 Å². The van der Waals surface area contributed by atoms with E-state index in [-0.39, 0.29) is 0 Å². The number of aromatic nitrogens is 4. The maximum Gasteiger partial charge on any atom is 0.171 e. The van der Waals surface area contributed by atoms with Crippen LogP contribution in [0.4, 0.5) is 5.82 Å². The van der Waals surface area contributed by atoms with Gasteiger partial charge < -0.3 is 10.6 Å². The molecule has 1 saturated heterocycles. The Balaban J connectivity index is 0.000000948. The monoisotopic (exact) mass is 416 g/mol. The summed E-state index contributed by atoms with van der Waals surface area (Å²) in [6, 6.07) is 6.41. The SMILES string of the molecule is Brc1cnn2c(NCc3cccnc3)cc(C3CCCCN3)nc12.CC. The first-order valence-corrected chi connectivity index (χ1v) is 10.0. The van der Waals surface area contributed by atoms with Crippen LogP contribution in [-0.4, -0.2) is 26.1 Å². The third-order valence-electron chi connectivity index (χ3n) is 4.31. The number of hydrogen-bond donors (Lipinski definition) is 2. The molecule has 26 heavy (non-hydrogen) atoms. The molecule has 6 nitrogen and oxygen atoms in total. The minimum atomic E-state index is 0.310. The topological polar surface area (TPSA) is 67.1 Å². The number of halogens is 1. The third kappa shape index (κ3) is 4.22. The van der Waals surface area contributed by atoms with Gasteiger partial charge in [0.05, 0.1) is 16.4 Å². The molecular weight excluding hydrogens is 392 g/mol. The number of hydrogen-bond acceptors (Lipinski definition) is 5. The third-order valence-corrected chi connectivity index (χ3v) is 4.87. The Bertz CT molecular complexity index is 827. The predicted octanol–water partition coefficient (Wildman–Crippen LogP) is 4.34. The highest BCUT2D eigenvalue weighted by atomic mass is 79.9. The zero-order valence-electron chi connectivity index (χ0n) is 15.2. The molecule has 1 aliphatic heterocycles. The van der Waals surface area contributed by atoms with E-state index in [9.17, 15) is 0 Å². The van der Waals surface area contributed by atoms with E-state index >= 15 is 0 Å². The molecule has 0 bridgehead atoms. The summed E-state index contributed by atoms with van der Waals surface area (Å²) in [6.07, 6.45) is 9.04. The van der Waals surface area contributed by atoms with E-state index in [2.05, 4.69) is 48.8 Å². The molecule has 0 aliphatic carbocycles. The van der Waals surface area contributed by atoms with Crippen LogP contribution in [0.5, 0.6) is 0 Å². The number of pyridine rings is 1. The Labute approximate surface area is 162 Å². The Hall–Kier alpha value is -1.99. The molecule has 0 amide bonds. The van der Waals surface area contributed by atoms with Crippen LogP contribution in [0.3, 0.4) is 0 Å². The minimum absolute atomic E-state index is 0.310. The van der Waals surface area contributed by atoms with Crippen molar-refractivity contribution in [3.8, 4) is 0 Å². The van der Waals surface area contributed by atoms with Gasteiger partial charge in [-0.1, -0.05) is 26.3 Å². The molecule has 0 radical (unpaired) electrons. The quantitative estimate of drug-likeness (QED) is 0.661. The summed E-state index contributed by atoms with van der Waals surface area (Å²) in [5, 5.41) is 11.5. The fraction of sp³-hybridized carbons (Fsp3) is 0.421. The first-order chi connectivity index (χ1) is 12.8. The van der Waals surface area contributed by atoms with Crippen LogP contribution >= 0.6 is 15.9 Å². The van der Waals surface area contributed by atoms with Crippen LogP contribution in [0, 0.1) is 0 Å². The van der Waals surface area contributed by atoms with Crippen LogP contribution < -0.4 is 10.6 Å². The van der Waals surface area contributed by atoms with Crippen molar-refractivity contribution in [3.05, 3.63) is 52.5 Å². The highest BCUT2D eigenvalue weighted by Crippen LogP contribution is 2.27. The van der Waals surface area contributed by atoms with Crippen molar-refractivity contribution in [2.45, 2.75) is 45.7 Å². The standard InChI is InChI=1S/C17H19BrN6.C2H6/c18-13-11-22-24-16(21-10-12-4-3-6-19-9-12)8-15(23-17(13)24)14-5-1-2-7-20-14;1-2/h3-4,6,8-9,11,14,20-21H,1-2,5,7,10H2;1-2H3. The summed E-state index contributed by atoms with van der Waals surface area (Å²) in [5.41, 5.74) is 3.04. The molecule has 1 unspecified atom stereocenters. The fourth-order valence-electron chi connectivity index (χ4n) is 3.06. The summed E-state index contributed by atoms with van der Waals surface area (Å²) < 4.78 is 2.75. The van der Waals surface area contributed by atoms with Crippen molar-refractivity contribution < 1.29 is 0 Å². The lowest BCUT2D eigenvalue weighted by Gasteiger charge is -2.23. The van der Waals surface area contributed by atoms with Gasteiger partial charge in [0.2, 0.25) is 0 Å². The minimum Gasteiger partial charge on any atom is -0.366 e. The summed E-state index contributed by atoms with van der Waals surface area (Å²) in [7, 11) is 0. The summed E-state index contributed by atoms with van der Waals surface area (Å²) >= 11 is 3.55. The van der Waals surface area contributed by atoms with Crippen molar-refractivity contribution in [1.29, 1.82) is 0 Å². The van der Waals surface area contributed by atoms with Crippen LogP contribution in [0.15, 0.2) is 41.3 Å². The lowest BCUT2D eigenvalue weighted by molar-refractivity contribution is 0.405. The Kier molecular flexibility index (Phi) is 6.57. The van der Waals surface area contributed by atoms with E-state index in [0.717, 1.165) is 40.2 Å². The van der Waals surface area contributed by atoms with Crippen LogP contribution in [0.25, 0.3) is 5.65 Å². The van der Waals surface area contributed by atoms with Crippen molar-refractivity contribution in [3.63, 3.8) is 0 Å². The molecule has 1 aliphatic rings. The summed E-state index contributed by atoms with van der Waals surface area (Å²) in [4.78, 5) is 8.97. The van der Waals surface area contributed by atoms with Crippen molar-refractivity contribution in [2.24, 2.45) is 0 Å². The average molecular weight is 417 g/mol. The molecule has 4 heterocycles. The average Bonchev–Trinajstić information content (AvgIpc) is 3.10. The van der Waals surface area contributed by atoms with Gasteiger partial charge in [-0.15, -0.1) is 0 Å². The van der Waals surface area contributed by atoms with Gasteiger partial charge in [0.25, 0.3) is 0 Å². The van der Waals surface area contributed by atoms with E-state index in [1.807, 2.05) is 30.6 Å². The number of piperidine rings is 1. The van der Waals surface area contributed by atoms with Crippen LogP contribution in [0.1, 0.15) is 50.4 Å². The maximum atomic E-state index is 4.81. The molecule has 4 rings (SSSR count). The van der Waals surface area contributed by atoms with Crippen molar-refractivity contribution in [2.75, 3.05) is 11.9 Å². The highest BCUT2D eigenvalue weighted by Gasteiger charge is 2.19. The number of nitrogens with zero attached hydrogens (tertiary/aromatic N) is 4. The molecule has 0 spiro atoms. The summed E-state index contributed by atoms with van der Waals surface area (Å²) in [6.45, 7) is 5.75. The molecule has 0 saturated carbocycles. The molecule has 2 N–H and O–H groups in total. The predicted molar refractivity (Wildman–Crippen MR) is 108 cm³/mol. The fourth-order valence-corrected chi connectivity index (χ4v) is 3.41. The van der Waals surface area contributed by atoms with Gasteiger partial charge in [-0.2, -0.15) is 9.61 Å². The van der Waals surface area contributed by atoms with E-state index in [1.54, 1.807) is 12.4 Å². The zero-order chi connectivity index (χ0) is 18.4. The lowest BCUT2D eigenvalue weighted by Crippen LogP contribution is -2.27. The summed E-state index contributed by atoms with van der Waals surface area (Å²) in [5.74, 6) is 0.942. The lowest BCUT2D eigenvalue weighted by atomic mass is 10.0. The second-order valence-electron chi connectivity index (χ2n) is 6.01. The van der Waals surface area contributed by atoms with E-state index in [0.29, 0.717) is 12.6 Å². The highest BCUT2D eigenvalue weighted by molar-refractivity contribution is 9.10. The van der Waals surface area contributed by atoms with Gasteiger partial charge in [0.1, 0.15) is 5.82 Å². The second kappa shape index (κ2) is 9.09. The second-order valence-corrected chi connectivity index (χ2v) is 6.87. The molecule has 138 valence electrons. The van der Waals surface area contributed by atoms with E-state index in [4.69, 9.17) is 4.98 Å². The number of anilines is 1. The Morgan fingerprint density at radius 1 is 1.31 bits per heavy atom. The normalized spacial score (nSPS) is 16.8. The van der Waals surface area contributed by atoms with Crippen molar-refractivity contribution >= 4 is 27.4 Å². The Morgan fingerprint density at radius 3 is 2.92 bits per heavy atom. The van der Waals surface area contributed by atoms with Gasteiger partial charge in [-0.3, -0.25) is 4.98 Å². The van der Waals surface area contributed by atoms with Gasteiger partial charge in [-0.05, 0) is 46.9 Å². The van der Waals surface area contributed by atoms with E-state index < -0.39 is 0 Å². The van der Waals surface area contributed by atoms with Gasteiger partial charge in [0, 0.05) is 31.0 Å². The first kappa shape index (κ1) is 18.8. The van der Waals surface area contributed by atoms with Gasteiger partial charge in [-0.25, -0.2) is 4.98 Å². The van der Waals surface area contributed by atoms with Crippen LogP contribution in [-0.2, 0) is 6.54 Å². The molecule has 3 aromatic heterocycles. The van der Waals surface area contributed by atoms with Gasteiger partial charge in [0.15, 0.2) is 5.65 Å². The smallest absolute Gasteiger partial charge is 0.171 e. The van der Waals surface area contributed by atoms with Gasteiger partial charge >= 0.3 is 0 Å². The van der Waals surface area contributed by atoms with Crippen LogP contribution in [0.2, 0.25) is 0 Å². The number of fused-ring (bicyclic) bond motifs is 1. The molecular formula is C19H25BrN6. The molecule has 7 heteroatoms. The largest absolute Gasteiger partial charge is 0.366 e. The maximum absolute atomic E-state index is 4.81. The molecule has 1 fully saturated rings. The molecule has 0 aromatic carbocycles. The Morgan fingerprint density at radius 2 is 2.19 bits per heavy atom. The van der Waals surface area contributed by atoms with Crippen molar-refractivity contribution in [1.82, 2.24) is 24.9 Å². The first-order valence-electron chi connectivity index (χ1n) is 9.21. The number of nitrogens with one attached hydrogen (secondary N) is 2. The zero-order valence-corrected chi connectivity index (χ0v) is 16.8. The molecule has 1 atom stereocenters.